The van der Waals surface area contributed by atoms with E-state index in [1.807, 2.05) is 0 Å². The van der Waals surface area contributed by atoms with Crippen LogP contribution in [0.5, 0.6) is 0 Å². The van der Waals surface area contributed by atoms with Gasteiger partial charge in [0.05, 0.1) is 17.1 Å². The molecule has 0 bridgehead atoms. The van der Waals surface area contributed by atoms with Crippen LogP contribution < -0.4 is 4.72 Å². The van der Waals surface area contributed by atoms with E-state index < -0.39 is 10.0 Å². The molecule has 104 valence electrons. The van der Waals surface area contributed by atoms with Crippen molar-refractivity contribution in [3.8, 4) is 0 Å². The van der Waals surface area contributed by atoms with Gasteiger partial charge in [-0.1, -0.05) is 0 Å². The molecule has 2 N–H and O–H groups in total. The Kier molecular flexibility index (Phi) is 2.75. The lowest BCUT2D eigenvalue weighted by Crippen LogP contribution is -2.14. The van der Waals surface area contributed by atoms with Crippen molar-refractivity contribution in [2.75, 3.05) is 4.72 Å². The lowest BCUT2D eigenvalue weighted by molar-refractivity contribution is 0.599. The van der Waals surface area contributed by atoms with E-state index in [0.29, 0.717) is 28.2 Å². The lowest BCUT2D eigenvalue weighted by atomic mass is 10.3. The molecule has 0 aliphatic heterocycles. The van der Waals surface area contributed by atoms with Gasteiger partial charge in [-0.05, 0) is 32.0 Å². The van der Waals surface area contributed by atoms with Crippen LogP contribution >= 0.6 is 0 Å². The number of H-pyrrole nitrogens is 1. The Balaban J connectivity index is 2.01. The summed E-state index contributed by atoms with van der Waals surface area (Å²) in [4.78, 5) is 4.15. The molecule has 3 rings (SSSR count). The van der Waals surface area contributed by atoms with E-state index in [2.05, 4.69) is 19.9 Å². The van der Waals surface area contributed by atoms with Gasteiger partial charge in [0.15, 0.2) is 12.0 Å². The molecule has 7 nitrogen and oxygen atoms in total. The smallest absolute Gasteiger partial charge is 0.265 e. The Morgan fingerprint density at radius 3 is 2.80 bits per heavy atom. The molecule has 2 heterocycles. The molecule has 0 atom stereocenters. The molecule has 0 spiro atoms. The van der Waals surface area contributed by atoms with E-state index in [4.69, 9.17) is 4.42 Å². The molecule has 20 heavy (non-hydrogen) atoms. The number of hydrogen-bond acceptors (Lipinski definition) is 5. The van der Waals surface area contributed by atoms with Crippen LogP contribution in [0.3, 0.4) is 0 Å². The molecular formula is C12H12N4O3S. The quantitative estimate of drug-likeness (QED) is 0.768. The number of hydrogen-bond donors (Lipinski definition) is 2. The third-order valence-electron chi connectivity index (χ3n) is 2.91. The number of rotatable bonds is 3. The van der Waals surface area contributed by atoms with Gasteiger partial charge in [0.25, 0.3) is 10.0 Å². The summed E-state index contributed by atoms with van der Waals surface area (Å²) >= 11 is 0. The summed E-state index contributed by atoms with van der Waals surface area (Å²) < 4.78 is 32.4. The summed E-state index contributed by atoms with van der Waals surface area (Å²) in [6.45, 7) is 3.30. The molecule has 2 aromatic heterocycles. The van der Waals surface area contributed by atoms with Crippen LogP contribution in [0.15, 0.2) is 33.9 Å². The van der Waals surface area contributed by atoms with E-state index in [0.717, 1.165) is 0 Å². The normalized spacial score (nSPS) is 11.9. The maximum absolute atomic E-state index is 12.4. The molecule has 0 radical (unpaired) electrons. The van der Waals surface area contributed by atoms with Gasteiger partial charge in [-0.3, -0.25) is 9.82 Å². The summed E-state index contributed by atoms with van der Waals surface area (Å²) in [7, 11) is -3.69. The van der Waals surface area contributed by atoms with Crippen LogP contribution in [-0.2, 0) is 10.0 Å². The lowest BCUT2D eigenvalue weighted by Gasteiger charge is -2.07. The molecule has 0 unspecified atom stereocenters. The largest absolute Gasteiger partial charge is 0.443 e. The molecule has 0 saturated carbocycles. The van der Waals surface area contributed by atoms with E-state index in [-0.39, 0.29) is 4.90 Å². The van der Waals surface area contributed by atoms with Gasteiger partial charge in [-0.2, -0.15) is 5.10 Å². The van der Waals surface area contributed by atoms with Crippen molar-refractivity contribution in [3.63, 3.8) is 0 Å². The first kappa shape index (κ1) is 12.7. The minimum absolute atomic E-state index is 0.165. The number of nitrogens with one attached hydrogen (secondary N) is 2. The van der Waals surface area contributed by atoms with Crippen molar-refractivity contribution in [3.05, 3.63) is 36.0 Å². The Labute approximate surface area is 115 Å². The van der Waals surface area contributed by atoms with E-state index >= 15 is 0 Å². The molecule has 0 aliphatic carbocycles. The third kappa shape index (κ3) is 2.03. The third-order valence-corrected chi connectivity index (χ3v) is 4.56. The van der Waals surface area contributed by atoms with Gasteiger partial charge in [-0.15, -0.1) is 0 Å². The molecule has 3 aromatic rings. The fourth-order valence-corrected chi connectivity index (χ4v) is 3.49. The SMILES string of the molecule is Cc1n[nH]c(C)c1S(=O)(=O)Nc1ccc2ocnc2c1. The highest BCUT2D eigenvalue weighted by Crippen LogP contribution is 2.23. The average molecular weight is 292 g/mol. The highest BCUT2D eigenvalue weighted by Gasteiger charge is 2.22. The summed E-state index contributed by atoms with van der Waals surface area (Å²) in [5, 5.41) is 6.55. The molecule has 0 fully saturated rings. The zero-order chi connectivity index (χ0) is 14.3. The summed E-state index contributed by atoms with van der Waals surface area (Å²) in [5.41, 5.74) is 2.54. The first-order chi connectivity index (χ1) is 9.47. The minimum atomic E-state index is -3.69. The zero-order valence-corrected chi connectivity index (χ0v) is 11.7. The number of aryl methyl sites for hydroxylation is 2. The second-order valence-corrected chi connectivity index (χ2v) is 6.02. The monoisotopic (exact) mass is 292 g/mol. The summed E-state index contributed by atoms with van der Waals surface area (Å²) in [6.07, 6.45) is 1.31. The van der Waals surface area contributed by atoms with E-state index in [1.165, 1.54) is 6.39 Å². The van der Waals surface area contributed by atoms with Crippen molar-refractivity contribution >= 4 is 26.8 Å². The summed E-state index contributed by atoms with van der Waals surface area (Å²) in [6, 6.07) is 4.90. The van der Waals surface area contributed by atoms with Crippen LogP contribution in [-0.4, -0.2) is 23.6 Å². The maximum atomic E-state index is 12.4. The first-order valence-electron chi connectivity index (χ1n) is 5.85. The van der Waals surface area contributed by atoms with Crippen molar-refractivity contribution < 1.29 is 12.8 Å². The Morgan fingerprint density at radius 2 is 2.10 bits per heavy atom. The van der Waals surface area contributed by atoms with Crippen LogP contribution in [0.4, 0.5) is 5.69 Å². The van der Waals surface area contributed by atoms with Gasteiger partial charge in [-0.25, -0.2) is 13.4 Å². The number of fused-ring (bicyclic) bond motifs is 1. The number of oxazole rings is 1. The number of benzene rings is 1. The fraction of sp³-hybridized carbons (Fsp3) is 0.167. The van der Waals surface area contributed by atoms with Crippen LogP contribution in [0.2, 0.25) is 0 Å². The number of anilines is 1. The number of aromatic nitrogens is 3. The van der Waals surface area contributed by atoms with Crippen molar-refractivity contribution in [2.45, 2.75) is 18.7 Å². The van der Waals surface area contributed by atoms with Gasteiger partial charge >= 0.3 is 0 Å². The number of nitrogens with zero attached hydrogens (tertiary/aromatic N) is 2. The zero-order valence-electron chi connectivity index (χ0n) is 10.8. The Bertz CT molecular complexity index is 860. The number of sulfonamides is 1. The second kappa shape index (κ2) is 4.34. The Hall–Kier alpha value is -2.35. The predicted molar refractivity (Wildman–Crippen MR) is 72.9 cm³/mol. The van der Waals surface area contributed by atoms with E-state index in [9.17, 15) is 8.42 Å². The summed E-state index contributed by atoms with van der Waals surface area (Å²) in [5.74, 6) is 0. The highest BCUT2D eigenvalue weighted by atomic mass is 32.2. The van der Waals surface area contributed by atoms with Gasteiger partial charge in [0.1, 0.15) is 10.4 Å². The molecule has 0 amide bonds. The van der Waals surface area contributed by atoms with Crippen molar-refractivity contribution in [1.82, 2.24) is 15.2 Å². The predicted octanol–water partition coefficient (Wildman–Crippen LogP) is 1.97. The van der Waals surface area contributed by atoms with Gasteiger partial charge in [0.2, 0.25) is 0 Å². The molecule has 0 saturated heterocycles. The van der Waals surface area contributed by atoms with Crippen LogP contribution in [0.25, 0.3) is 11.1 Å². The minimum Gasteiger partial charge on any atom is -0.443 e. The second-order valence-electron chi connectivity index (χ2n) is 4.40. The molecule has 0 aliphatic rings. The van der Waals surface area contributed by atoms with Crippen LogP contribution in [0.1, 0.15) is 11.4 Å². The first-order valence-corrected chi connectivity index (χ1v) is 7.33. The molecule has 8 heteroatoms. The van der Waals surface area contributed by atoms with Crippen molar-refractivity contribution in [1.29, 1.82) is 0 Å². The Morgan fingerprint density at radius 1 is 1.30 bits per heavy atom. The van der Waals surface area contributed by atoms with Crippen LogP contribution in [0, 0.1) is 13.8 Å². The number of aromatic amines is 1. The highest BCUT2D eigenvalue weighted by molar-refractivity contribution is 7.92. The molecule has 1 aromatic carbocycles. The maximum Gasteiger partial charge on any atom is 0.265 e. The standard InChI is InChI=1S/C12H12N4O3S/c1-7-12(8(2)15-14-7)20(17,18)16-9-3-4-11-10(5-9)13-6-19-11/h3-6,16H,1-2H3,(H,14,15). The molecular weight excluding hydrogens is 280 g/mol. The average Bonchev–Trinajstić information content (AvgIpc) is 2.95. The van der Waals surface area contributed by atoms with Gasteiger partial charge in [0, 0.05) is 0 Å². The topological polar surface area (TPSA) is 101 Å². The fourth-order valence-electron chi connectivity index (χ4n) is 2.06. The van der Waals surface area contributed by atoms with Crippen molar-refractivity contribution in [2.24, 2.45) is 0 Å². The van der Waals surface area contributed by atoms with Gasteiger partial charge < -0.3 is 4.42 Å². The van der Waals surface area contributed by atoms with E-state index in [1.54, 1.807) is 32.0 Å².